The van der Waals surface area contributed by atoms with Crippen LogP contribution in [0.15, 0.2) is 65.8 Å². The third-order valence-electron chi connectivity index (χ3n) is 3.40. The molecular formula is C18H17NO. The van der Waals surface area contributed by atoms with Crippen molar-refractivity contribution in [2.24, 2.45) is 4.99 Å². The summed E-state index contributed by atoms with van der Waals surface area (Å²) in [5, 5.41) is 0. The van der Waals surface area contributed by atoms with Crippen molar-refractivity contribution in [3.05, 3.63) is 77.5 Å². The summed E-state index contributed by atoms with van der Waals surface area (Å²) in [7, 11) is 0. The van der Waals surface area contributed by atoms with Crippen molar-refractivity contribution in [1.29, 1.82) is 0 Å². The van der Waals surface area contributed by atoms with Gasteiger partial charge in [0, 0.05) is 12.4 Å². The minimum Gasteiger partial charge on any atom is -0.367 e. The summed E-state index contributed by atoms with van der Waals surface area (Å²) in [6.45, 7) is 0.690. The van der Waals surface area contributed by atoms with Crippen LogP contribution in [0.4, 0.5) is 0 Å². The number of nitrogens with zero attached hydrogens (tertiary/aromatic N) is 1. The first kappa shape index (κ1) is 12.8. The van der Waals surface area contributed by atoms with Gasteiger partial charge in [-0.2, -0.15) is 0 Å². The van der Waals surface area contributed by atoms with Crippen LogP contribution in [0.1, 0.15) is 22.8 Å². The van der Waals surface area contributed by atoms with Crippen molar-refractivity contribution in [2.45, 2.75) is 12.5 Å². The molecule has 0 spiro atoms. The Bertz CT molecular complexity index is 616. The normalized spacial score (nSPS) is 16.7. The zero-order chi connectivity index (χ0) is 13.6. The van der Waals surface area contributed by atoms with Gasteiger partial charge in [-0.25, -0.2) is 0 Å². The highest BCUT2D eigenvalue weighted by Gasteiger charge is 2.13. The Kier molecular flexibility index (Phi) is 4.04. The zero-order valence-electron chi connectivity index (χ0n) is 11.3. The molecule has 0 fully saturated rings. The molecule has 2 aromatic carbocycles. The maximum absolute atomic E-state index is 6.00. The zero-order valence-corrected chi connectivity index (χ0v) is 11.3. The quantitative estimate of drug-likeness (QED) is 0.815. The van der Waals surface area contributed by atoms with E-state index >= 15 is 0 Å². The third-order valence-corrected chi connectivity index (χ3v) is 3.40. The molecule has 1 heterocycles. The highest BCUT2D eigenvalue weighted by molar-refractivity contribution is 5.73. The lowest BCUT2D eigenvalue weighted by atomic mass is 10.0. The van der Waals surface area contributed by atoms with Gasteiger partial charge in [-0.15, -0.1) is 0 Å². The molecule has 0 amide bonds. The molecule has 1 unspecified atom stereocenters. The number of benzene rings is 2. The fourth-order valence-electron chi connectivity index (χ4n) is 2.33. The summed E-state index contributed by atoms with van der Waals surface area (Å²) in [5.41, 5.74) is 3.65. The molecule has 0 bridgehead atoms. The van der Waals surface area contributed by atoms with Gasteiger partial charge in [0.15, 0.2) is 0 Å². The molecule has 0 N–H and O–H groups in total. The van der Waals surface area contributed by atoms with Crippen molar-refractivity contribution in [1.82, 2.24) is 0 Å². The minimum atomic E-state index is -0.0649. The lowest BCUT2D eigenvalue weighted by Gasteiger charge is -2.15. The fraction of sp³-hybridized carbons (Fsp3) is 0.167. The number of rotatable bonds is 4. The van der Waals surface area contributed by atoms with E-state index < -0.39 is 0 Å². The highest BCUT2D eigenvalue weighted by atomic mass is 16.5. The van der Waals surface area contributed by atoms with Crippen LogP contribution in [-0.4, -0.2) is 12.8 Å². The van der Waals surface area contributed by atoms with Crippen molar-refractivity contribution in [2.75, 3.05) is 6.61 Å². The Morgan fingerprint density at radius 1 is 0.950 bits per heavy atom. The van der Waals surface area contributed by atoms with Gasteiger partial charge in [0.1, 0.15) is 6.10 Å². The predicted octanol–water partition coefficient (Wildman–Crippen LogP) is 4.04. The molecule has 3 rings (SSSR count). The largest absolute Gasteiger partial charge is 0.367 e. The second-order valence-corrected chi connectivity index (χ2v) is 4.77. The maximum atomic E-state index is 6.00. The summed E-state index contributed by atoms with van der Waals surface area (Å²) in [6.07, 6.45) is 6.56. The van der Waals surface area contributed by atoms with E-state index in [1.165, 1.54) is 16.7 Å². The van der Waals surface area contributed by atoms with Gasteiger partial charge >= 0.3 is 0 Å². The Morgan fingerprint density at radius 3 is 2.65 bits per heavy atom. The van der Waals surface area contributed by atoms with Crippen LogP contribution in [0.3, 0.4) is 0 Å². The number of aliphatic imine (C=N–C) groups is 1. The van der Waals surface area contributed by atoms with E-state index in [4.69, 9.17) is 4.74 Å². The van der Waals surface area contributed by atoms with E-state index in [2.05, 4.69) is 41.4 Å². The predicted molar refractivity (Wildman–Crippen MR) is 82.8 cm³/mol. The van der Waals surface area contributed by atoms with Gasteiger partial charge in [0.25, 0.3) is 0 Å². The molecule has 1 aliphatic heterocycles. The molecule has 2 heteroatoms. The summed E-state index contributed by atoms with van der Waals surface area (Å²) < 4.78 is 6.00. The first-order chi connectivity index (χ1) is 9.93. The van der Waals surface area contributed by atoms with Crippen LogP contribution in [0, 0.1) is 0 Å². The lowest BCUT2D eigenvalue weighted by Crippen LogP contribution is -2.09. The SMILES string of the molecule is C1=Cc2ccccc2C(OCCc2ccccc2)C=N1. The maximum Gasteiger partial charge on any atom is 0.118 e. The first-order valence-electron chi connectivity index (χ1n) is 6.88. The van der Waals surface area contributed by atoms with Gasteiger partial charge in [0.2, 0.25) is 0 Å². The molecule has 2 aromatic rings. The van der Waals surface area contributed by atoms with Gasteiger partial charge in [-0.1, -0.05) is 54.6 Å². The Balaban J connectivity index is 1.66. The molecule has 100 valence electrons. The summed E-state index contributed by atoms with van der Waals surface area (Å²) in [6, 6.07) is 18.7. The van der Waals surface area contributed by atoms with Crippen molar-refractivity contribution in [3.63, 3.8) is 0 Å². The Hall–Kier alpha value is -2.19. The number of hydrogen-bond acceptors (Lipinski definition) is 2. The van der Waals surface area contributed by atoms with Gasteiger partial charge < -0.3 is 4.74 Å². The van der Waals surface area contributed by atoms with Crippen LogP contribution in [0.25, 0.3) is 6.08 Å². The van der Waals surface area contributed by atoms with E-state index in [0.29, 0.717) is 6.61 Å². The van der Waals surface area contributed by atoms with Crippen LogP contribution in [0.5, 0.6) is 0 Å². The molecule has 20 heavy (non-hydrogen) atoms. The Morgan fingerprint density at radius 2 is 1.75 bits per heavy atom. The molecule has 0 saturated carbocycles. The standard InChI is InChI=1S/C18H17NO/c1-2-6-15(7-3-1)11-13-20-18-14-19-12-10-16-8-4-5-9-17(16)18/h1-10,12,14,18H,11,13H2. The van der Waals surface area contributed by atoms with E-state index in [1.54, 1.807) is 0 Å². The molecule has 1 atom stereocenters. The summed E-state index contributed by atoms with van der Waals surface area (Å²) in [5.74, 6) is 0. The monoisotopic (exact) mass is 263 g/mol. The second kappa shape index (κ2) is 6.31. The average molecular weight is 263 g/mol. The van der Waals surface area contributed by atoms with Gasteiger partial charge in [0.05, 0.1) is 6.61 Å². The average Bonchev–Trinajstić information content (AvgIpc) is 2.71. The molecule has 0 radical (unpaired) electrons. The molecule has 1 aliphatic rings. The molecular weight excluding hydrogens is 246 g/mol. The third kappa shape index (κ3) is 3.03. The van der Waals surface area contributed by atoms with Crippen LogP contribution in [-0.2, 0) is 11.2 Å². The molecule has 0 aromatic heterocycles. The van der Waals surface area contributed by atoms with Crippen LogP contribution in [0.2, 0.25) is 0 Å². The Labute approximate surface area is 119 Å². The fourth-order valence-corrected chi connectivity index (χ4v) is 2.33. The highest BCUT2D eigenvalue weighted by Crippen LogP contribution is 2.23. The minimum absolute atomic E-state index is 0.0649. The molecule has 0 saturated heterocycles. The van der Waals surface area contributed by atoms with Crippen LogP contribution < -0.4 is 0 Å². The van der Waals surface area contributed by atoms with Crippen molar-refractivity contribution < 1.29 is 4.74 Å². The second-order valence-electron chi connectivity index (χ2n) is 4.77. The molecule has 2 nitrogen and oxygen atoms in total. The number of ether oxygens (including phenoxy) is 1. The van der Waals surface area contributed by atoms with E-state index in [0.717, 1.165) is 6.42 Å². The molecule has 0 aliphatic carbocycles. The topological polar surface area (TPSA) is 21.6 Å². The van der Waals surface area contributed by atoms with Gasteiger partial charge in [-0.3, -0.25) is 4.99 Å². The summed E-state index contributed by atoms with van der Waals surface area (Å²) >= 11 is 0. The van der Waals surface area contributed by atoms with E-state index in [1.807, 2.05) is 36.7 Å². The first-order valence-corrected chi connectivity index (χ1v) is 6.88. The lowest BCUT2D eigenvalue weighted by molar-refractivity contribution is 0.104. The van der Waals surface area contributed by atoms with E-state index in [-0.39, 0.29) is 6.10 Å². The summed E-state index contributed by atoms with van der Waals surface area (Å²) in [4.78, 5) is 4.26. The van der Waals surface area contributed by atoms with Crippen molar-refractivity contribution in [3.8, 4) is 0 Å². The number of fused-ring (bicyclic) bond motifs is 1. The smallest absolute Gasteiger partial charge is 0.118 e. The number of hydrogen-bond donors (Lipinski definition) is 0. The van der Waals surface area contributed by atoms with E-state index in [9.17, 15) is 0 Å². The van der Waals surface area contributed by atoms with Crippen molar-refractivity contribution >= 4 is 12.3 Å². The van der Waals surface area contributed by atoms with Gasteiger partial charge in [-0.05, 0) is 29.2 Å². The van der Waals surface area contributed by atoms with Crippen LogP contribution >= 0.6 is 0 Å².